The second kappa shape index (κ2) is 11.4. The Morgan fingerprint density at radius 3 is 2.54 bits per heavy atom. The van der Waals surface area contributed by atoms with Crippen LogP contribution < -0.4 is 15.1 Å². The van der Waals surface area contributed by atoms with Gasteiger partial charge in [-0.3, -0.25) is 9.59 Å². The molecule has 0 radical (unpaired) electrons. The molecular formula is C22H19Cl2F3N2O5S. The van der Waals surface area contributed by atoms with Crippen molar-refractivity contribution in [3.63, 3.8) is 0 Å². The average molecular weight is 551 g/mol. The van der Waals surface area contributed by atoms with Crippen LogP contribution in [0.1, 0.15) is 22.3 Å². The lowest BCUT2D eigenvalue weighted by Crippen LogP contribution is -2.31. The summed E-state index contributed by atoms with van der Waals surface area (Å²) in [5.74, 6) is -1.41. The van der Waals surface area contributed by atoms with Gasteiger partial charge in [-0.15, -0.1) is 0 Å². The lowest BCUT2D eigenvalue weighted by Gasteiger charge is -2.15. The summed E-state index contributed by atoms with van der Waals surface area (Å²) in [6.07, 6.45) is -3.70. The van der Waals surface area contributed by atoms with Crippen LogP contribution in [0.3, 0.4) is 0 Å². The fourth-order valence-electron chi connectivity index (χ4n) is 3.26. The van der Waals surface area contributed by atoms with Crippen molar-refractivity contribution in [1.29, 1.82) is 0 Å². The largest absolute Gasteiger partial charge is 0.413 e. The van der Waals surface area contributed by atoms with Gasteiger partial charge >= 0.3 is 17.5 Å². The van der Waals surface area contributed by atoms with E-state index >= 15 is 0 Å². The van der Waals surface area contributed by atoms with Crippen molar-refractivity contribution in [3.05, 3.63) is 74.0 Å². The molecule has 1 aromatic heterocycles. The number of pyridine rings is 1. The number of halogens is 5. The summed E-state index contributed by atoms with van der Waals surface area (Å²) in [7, 11) is 1.38. The third-order valence-electron chi connectivity index (χ3n) is 4.87. The number of carbonyl (C=O) groups excluding carboxylic acids is 1. The van der Waals surface area contributed by atoms with Crippen LogP contribution in [0, 0.1) is 0 Å². The Morgan fingerprint density at radius 1 is 1.14 bits per heavy atom. The van der Waals surface area contributed by atoms with Crippen LogP contribution in [0.4, 0.5) is 13.2 Å². The minimum absolute atomic E-state index is 0.190. The predicted octanol–water partition coefficient (Wildman–Crippen LogP) is 4.74. The molecule has 0 aliphatic heterocycles. The van der Waals surface area contributed by atoms with Crippen molar-refractivity contribution >= 4 is 51.4 Å². The van der Waals surface area contributed by atoms with Gasteiger partial charge in [-0.2, -0.15) is 17.4 Å². The normalized spacial score (nSPS) is 12.5. The first kappa shape index (κ1) is 27.0. The van der Waals surface area contributed by atoms with E-state index in [-0.39, 0.29) is 17.5 Å². The third kappa shape index (κ3) is 6.97. The molecular weight excluding hydrogens is 532 g/mol. The van der Waals surface area contributed by atoms with Crippen LogP contribution in [0.15, 0.2) is 47.3 Å². The predicted molar refractivity (Wildman–Crippen MR) is 127 cm³/mol. The minimum Gasteiger partial charge on any atom is -0.373 e. The molecule has 3 aromatic rings. The number of benzene rings is 2. The average Bonchev–Trinajstić information content (AvgIpc) is 2.80. The van der Waals surface area contributed by atoms with E-state index in [1.165, 1.54) is 13.1 Å². The zero-order valence-corrected chi connectivity index (χ0v) is 20.5. The second-order valence-electron chi connectivity index (χ2n) is 7.36. The van der Waals surface area contributed by atoms with E-state index < -0.39 is 41.4 Å². The molecule has 2 aromatic carbocycles. The topological polar surface area (TPSA) is 86.6 Å². The molecule has 7 nitrogen and oxygen atoms in total. The Labute approximate surface area is 210 Å². The van der Waals surface area contributed by atoms with E-state index in [1.807, 2.05) is 0 Å². The van der Waals surface area contributed by atoms with Crippen LogP contribution >= 0.6 is 23.2 Å². The molecule has 0 saturated heterocycles. The van der Waals surface area contributed by atoms with E-state index in [4.69, 9.17) is 27.4 Å². The highest BCUT2D eigenvalue weighted by Crippen LogP contribution is 2.26. The summed E-state index contributed by atoms with van der Waals surface area (Å²) >= 11 is 8.92. The van der Waals surface area contributed by atoms with Gasteiger partial charge in [0, 0.05) is 19.0 Å². The number of hydrogen-bond donors (Lipinski definition) is 1. The summed E-state index contributed by atoms with van der Waals surface area (Å²) in [4.78, 5) is 25.9. The highest BCUT2D eigenvalue weighted by molar-refractivity contribution is 7.75. The third-order valence-corrected chi connectivity index (χ3v) is 6.22. The molecule has 0 aliphatic rings. The van der Waals surface area contributed by atoms with Gasteiger partial charge in [0.05, 0.1) is 21.1 Å². The molecule has 0 saturated carbocycles. The first-order valence-electron chi connectivity index (χ1n) is 10.1. The highest BCUT2D eigenvalue weighted by Gasteiger charge is 2.31. The van der Waals surface area contributed by atoms with Crippen LogP contribution in [0.2, 0.25) is 10.0 Å². The molecule has 1 atom stereocenters. The lowest BCUT2D eigenvalue weighted by atomic mass is 10.1. The first-order valence-corrected chi connectivity index (χ1v) is 11.9. The van der Waals surface area contributed by atoms with E-state index in [0.29, 0.717) is 28.4 Å². The number of aryl methyl sites for hydroxylation is 2. The maximum absolute atomic E-state index is 13.1. The number of aromatic nitrogens is 1. The van der Waals surface area contributed by atoms with Gasteiger partial charge in [0.2, 0.25) is 5.75 Å². The number of rotatable bonds is 9. The molecule has 1 N–H and O–H groups in total. The van der Waals surface area contributed by atoms with Gasteiger partial charge in [-0.05, 0) is 36.6 Å². The number of nitrogens with one attached hydrogen (secondary N) is 1. The maximum atomic E-state index is 13.1. The van der Waals surface area contributed by atoms with Crippen LogP contribution in [0.5, 0.6) is 5.75 Å². The number of hydrogen-bond acceptors (Lipinski definition) is 5. The molecule has 13 heteroatoms. The maximum Gasteiger partial charge on any atom is 0.413 e. The Morgan fingerprint density at radius 2 is 1.86 bits per heavy atom. The number of fused-ring (bicyclic) bond motifs is 1. The summed E-state index contributed by atoms with van der Waals surface area (Å²) in [6.45, 7) is -1.67. The van der Waals surface area contributed by atoms with E-state index in [0.717, 1.165) is 10.1 Å². The Kier molecular flexibility index (Phi) is 8.81. The van der Waals surface area contributed by atoms with Crippen LogP contribution in [-0.4, -0.2) is 34.0 Å². The van der Waals surface area contributed by atoms with Crippen molar-refractivity contribution in [2.45, 2.75) is 19.0 Å². The molecule has 3 rings (SSSR count). The molecule has 0 bridgehead atoms. The Bertz CT molecular complexity index is 1330. The van der Waals surface area contributed by atoms with E-state index in [9.17, 15) is 27.0 Å². The molecule has 0 aliphatic carbocycles. The fourth-order valence-corrected chi connectivity index (χ4v) is 4.15. The number of nitrogens with zero attached hydrogens (tertiary/aromatic N) is 1. The minimum atomic E-state index is -4.76. The van der Waals surface area contributed by atoms with E-state index in [2.05, 4.69) is 9.50 Å². The zero-order valence-electron chi connectivity index (χ0n) is 18.2. The van der Waals surface area contributed by atoms with Gasteiger partial charge in [0.15, 0.2) is 6.61 Å². The summed E-state index contributed by atoms with van der Waals surface area (Å²) in [5.41, 5.74) is 0.137. The fraction of sp³-hybridized carbons (Fsp3) is 0.273. The highest BCUT2D eigenvalue weighted by atomic mass is 35.5. The van der Waals surface area contributed by atoms with Crippen molar-refractivity contribution in [3.8, 4) is 5.75 Å². The molecule has 1 amide bonds. The number of carbonyl (C=O) groups is 1. The summed E-state index contributed by atoms with van der Waals surface area (Å²) in [6, 6.07) is 11.5. The van der Waals surface area contributed by atoms with Gasteiger partial charge in [0.1, 0.15) is 0 Å². The number of para-hydroxylation sites is 1. The molecule has 35 heavy (non-hydrogen) atoms. The Hall–Kier alpha value is -2.60. The lowest BCUT2D eigenvalue weighted by molar-refractivity contribution is -0.152. The molecule has 0 fully saturated rings. The van der Waals surface area contributed by atoms with Gasteiger partial charge in [0.25, 0.3) is 11.5 Å². The van der Waals surface area contributed by atoms with Gasteiger partial charge in [-0.1, -0.05) is 47.5 Å². The zero-order chi connectivity index (χ0) is 25.8. The summed E-state index contributed by atoms with van der Waals surface area (Å²) in [5, 5.41) is 3.76. The van der Waals surface area contributed by atoms with Crippen molar-refractivity contribution < 1.29 is 30.5 Å². The standard InChI is InChI=1S/C22H19Cl2F3N2O5S/c1-29-17-7-3-2-6-14(17)18(19(21(29)31)34-35(32)33-12-22(25,26)27)20(30)28-10-4-5-13-8-9-15(23)16(24)11-13/h2-3,6-9,11H,4-5,10,12H2,1H3,(H,28,30). The van der Waals surface area contributed by atoms with Crippen molar-refractivity contribution in [2.24, 2.45) is 7.05 Å². The summed E-state index contributed by atoms with van der Waals surface area (Å²) < 4.78 is 59.3. The number of alkyl halides is 3. The van der Waals surface area contributed by atoms with Crippen molar-refractivity contribution in [2.75, 3.05) is 13.2 Å². The Balaban J connectivity index is 1.83. The number of amides is 1. The SMILES string of the molecule is Cn1c(=O)c(OS(=O)OCC(F)(F)F)c(C(=O)NCCCc2ccc(Cl)c(Cl)c2)c2ccccc21. The molecule has 188 valence electrons. The monoisotopic (exact) mass is 550 g/mol. The van der Waals surface area contributed by atoms with Crippen LogP contribution in [0.25, 0.3) is 10.9 Å². The smallest absolute Gasteiger partial charge is 0.373 e. The molecule has 1 unspecified atom stereocenters. The van der Waals surface area contributed by atoms with Gasteiger partial charge < -0.3 is 14.1 Å². The van der Waals surface area contributed by atoms with E-state index in [1.54, 1.807) is 36.4 Å². The van der Waals surface area contributed by atoms with Crippen molar-refractivity contribution in [1.82, 2.24) is 9.88 Å². The first-order chi connectivity index (χ1) is 16.5. The molecule has 1 heterocycles. The quantitative estimate of drug-likeness (QED) is 0.389. The van der Waals surface area contributed by atoms with Crippen LogP contribution in [-0.2, 0) is 29.0 Å². The molecule has 0 spiro atoms. The van der Waals surface area contributed by atoms with Gasteiger partial charge in [-0.25, -0.2) is 4.18 Å². The second-order valence-corrected chi connectivity index (χ2v) is 8.98.